The summed E-state index contributed by atoms with van der Waals surface area (Å²) in [4.78, 5) is 0. The molecule has 2 rings (SSSR count). The lowest BCUT2D eigenvalue weighted by atomic mass is 9.74. The van der Waals surface area contributed by atoms with Gasteiger partial charge in [0.25, 0.3) is 0 Å². The highest BCUT2D eigenvalue weighted by Crippen LogP contribution is 2.38. The molecule has 1 aliphatic carbocycles. The summed E-state index contributed by atoms with van der Waals surface area (Å²) >= 11 is 0. The number of hydrogen-bond donors (Lipinski definition) is 1. The van der Waals surface area contributed by atoms with Crippen LogP contribution in [-0.2, 0) is 11.2 Å². The Bertz CT molecular complexity index is 362. The maximum Gasteiger partial charge on any atom is 0.0831 e. The molecule has 0 amide bonds. The van der Waals surface area contributed by atoms with Gasteiger partial charge in [0.1, 0.15) is 0 Å². The molecule has 0 saturated heterocycles. The fourth-order valence-electron chi connectivity index (χ4n) is 2.73. The van der Waals surface area contributed by atoms with Crippen molar-refractivity contribution in [3.8, 4) is 0 Å². The average molecular weight is 234 g/mol. The van der Waals surface area contributed by atoms with Crippen molar-refractivity contribution in [1.29, 1.82) is 0 Å². The molecular formula is C15H22O2. The van der Waals surface area contributed by atoms with Gasteiger partial charge in [0.2, 0.25) is 0 Å². The van der Waals surface area contributed by atoms with E-state index in [1.165, 1.54) is 11.1 Å². The largest absolute Gasteiger partial charge is 0.390 e. The summed E-state index contributed by atoms with van der Waals surface area (Å²) in [6, 6.07) is 8.52. The van der Waals surface area contributed by atoms with E-state index in [4.69, 9.17) is 4.74 Å². The molecule has 0 bridgehead atoms. The summed E-state index contributed by atoms with van der Waals surface area (Å²) in [7, 11) is 0. The van der Waals surface area contributed by atoms with Crippen LogP contribution < -0.4 is 0 Å². The van der Waals surface area contributed by atoms with Crippen molar-refractivity contribution in [2.45, 2.75) is 51.2 Å². The van der Waals surface area contributed by atoms with Gasteiger partial charge in [-0.25, -0.2) is 0 Å². The van der Waals surface area contributed by atoms with Crippen LogP contribution in [-0.4, -0.2) is 23.9 Å². The highest BCUT2D eigenvalue weighted by Gasteiger charge is 2.30. The van der Waals surface area contributed by atoms with Crippen LogP contribution in [0, 0.1) is 0 Å². The standard InChI is InChI=1S/C15H22O2/c1-3-15(17-4-2)14(16)10-12-9-11-7-5-6-8-13(11)12/h5-8,12,14-16H,3-4,9-10H2,1-2H3. The van der Waals surface area contributed by atoms with Crippen molar-refractivity contribution in [2.24, 2.45) is 0 Å². The molecule has 3 unspecified atom stereocenters. The Kier molecular flexibility index (Phi) is 4.19. The second kappa shape index (κ2) is 5.65. The van der Waals surface area contributed by atoms with Crippen LogP contribution in [0.3, 0.4) is 0 Å². The van der Waals surface area contributed by atoms with E-state index >= 15 is 0 Å². The number of hydrogen-bond acceptors (Lipinski definition) is 2. The van der Waals surface area contributed by atoms with Gasteiger partial charge < -0.3 is 9.84 Å². The highest BCUT2D eigenvalue weighted by molar-refractivity contribution is 5.39. The van der Waals surface area contributed by atoms with E-state index < -0.39 is 0 Å². The Labute approximate surface area is 104 Å². The van der Waals surface area contributed by atoms with Gasteiger partial charge in [-0.1, -0.05) is 31.2 Å². The molecule has 17 heavy (non-hydrogen) atoms. The molecule has 1 N–H and O–H groups in total. The predicted octanol–water partition coefficient (Wildman–Crippen LogP) is 2.89. The van der Waals surface area contributed by atoms with E-state index in [0.717, 1.165) is 19.3 Å². The minimum atomic E-state index is -0.335. The van der Waals surface area contributed by atoms with Gasteiger partial charge >= 0.3 is 0 Å². The molecule has 1 aromatic rings. The van der Waals surface area contributed by atoms with Crippen LogP contribution in [0.5, 0.6) is 0 Å². The van der Waals surface area contributed by atoms with Crippen LogP contribution in [0.2, 0.25) is 0 Å². The molecule has 0 aromatic heterocycles. The Morgan fingerprint density at radius 1 is 1.35 bits per heavy atom. The molecule has 0 aliphatic heterocycles. The third-order valence-electron chi connectivity index (χ3n) is 3.70. The Hall–Kier alpha value is -0.860. The topological polar surface area (TPSA) is 29.5 Å². The summed E-state index contributed by atoms with van der Waals surface area (Å²) in [5.74, 6) is 0.524. The first-order chi connectivity index (χ1) is 8.26. The van der Waals surface area contributed by atoms with Gasteiger partial charge in [0.15, 0.2) is 0 Å². The van der Waals surface area contributed by atoms with Crippen molar-refractivity contribution in [2.75, 3.05) is 6.61 Å². The Balaban J connectivity index is 1.91. The second-order valence-corrected chi connectivity index (χ2v) is 4.80. The van der Waals surface area contributed by atoms with Crippen LogP contribution in [0.25, 0.3) is 0 Å². The van der Waals surface area contributed by atoms with Crippen molar-refractivity contribution >= 4 is 0 Å². The number of aliphatic hydroxyl groups is 1. The molecule has 0 saturated carbocycles. The van der Waals surface area contributed by atoms with Crippen molar-refractivity contribution in [1.82, 2.24) is 0 Å². The van der Waals surface area contributed by atoms with E-state index in [-0.39, 0.29) is 12.2 Å². The molecule has 0 heterocycles. The van der Waals surface area contributed by atoms with Crippen molar-refractivity contribution < 1.29 is 9.84 Å². The third-order valence-corrected chi connectivity index (χ3v) is 3.70. The second-order valence-electron chi connectivity index (χ2n) is 4.80. The molecular weight excluding hydrogens is 212 g/mol. The molecule has 94 valence electrons. The maximum atomic E-state index is 10.2. The van der Waals surface area contributed by atoms with Crippen LogP contribution in [0.4, 0.5) is 0 Å². The lowest BCUT2D eigenvalue weighted by molar-refractivity contribution is -0.0406. The number of rotatable bonds is 6. The fraction of sp³-hybridized carbons (Fsp3) is 0.600. The molecule has 0 fully saturated rings. The zero-order chi connectivity index (χ0) is 12.3. The van der Waals surface area contributed by atoms with Crippen LogP contribution in [0.1, 0.15) is 43.7 Å². The van der Waals surface area contributed by atoms with Crippen molar-refractivity contribution in [3.05, 3.63) is 35.4 Å². The lowest BCUT2D eigenvalue weighted by Gasteiger charge is -2.33. The first kappa shape index (κ1) is 12.6. The van der Waals surface area contributed by atoms with Crippen LogP contribution in [0.15, 0.2) is 24.3 Å². The predicted molar refractivity (Wildman–Crippen MR) is 69.2 cm³/mol. The fourth-order valence-corrected chi connectivity index (χ4v) is 2.73. The summed E-state index contributed by atoms with van der Waals surface area (Å²) in [5, 5.41) is 10.2. The normalized spacial score (nSPS) is 21.5. The van der Waals surface area contributed by atoms with E-state index in [2.05, 4.69) is 31.2 Å². The molecule has 1 aromatic carbocycles. The number of ether oxygens (including phenoxy) is 1. The average Bonchev–Trinajstić information content (AvgIpc) is 2.32. The number of benzene rings is 1. The zero-order valence-electron chi connectivity index (χ0n) is 10.7. The van der Waals surface area contributed by atoms with Gasteiger partial charge in [-0.05, 0) is 43.2 Å². The third kappa shape index (κ3) is 2.70. The highest BCUT2D eigenvalue weighted by atomic mass is 16.5. The Morgan fingerprint density at radius 3 is 2.76 bits per heavy atom. The Morgan fingerprint density at radius 2 is 2.12 bits per heavy atom. The van der Waals surface area contributed by atoms with Gasteiger partial charge in [-0.15, -0.1) is 0 Å². The minimum Gasteiger partial charge on any atom is -0.390 e. The molecule has 3 atom stereocenters. The zero-order valence-corrected chi connectivity index (χ0v) is 10.7. The summed E-state index contributed by atoms with van der Waals surface area (Å²) in [6.45, 7) is 4.73. The summed E-state index contributed by atoms with van der Waals surface area (Å²) in [6.07, 6.45) is 2.47. The first-order valence-electron chi connectivity index (χ1n) is 6.63. The van der Waals surface area contributed by atoms with Gasteiger partial charge in [-0.3, -0.25) is 0 Å². The molecule has 0 spiro atoms. The molecule has 2 heteroatoms. The van der Waals surface area contributed by atoms with Gasteiger partial charge in [0.05, 0.1) is 12.2 Å². The van der Waals surface area contributed by atoms with E-state index in [0.29, 0.717) is 12.5 Å². The molecule has 0 radical (unpaired) electrons. The number of fused-ring (bicyclic) bond motifs is 1. The number of aliphatic hydroxyl groups excluding tert-OH is 1. The SMILES string of the molecule is CCOC(CC)C(O)CC1Cc2ccccc21. The molecule has 1 aliphatic rings. The minimum absolute atomic E-state index is 0.00670. The van der Waals surface area contributed by atoms with Crippen LogP contribution >= 0.6 is 0 Å². The van der Waals surface area contributed by atoms with E-state index in [1.807, 2.05) is 6.92 Å². The summed E-state index contributed by atoms with van der Waals surface area (Å²) in [5.41, 5.74) is 2.85. The monoisotopic (exact) mass is 234 g/mol. The quantitative estimate of drug-likeness (QED) is 0.820. The van der Waals surface area contributed by atoms with E-state index in [9.17, 15) is 5.11 Å². The van der Waals surface area contributed by atoms with Gasteiger partial charge in [0, 0.05) is 6.61 Å². The van der Waals surface area contributed by atoms with Gasteiger partial charge in [-0.2, -0.15) is 0 Å². The van der Waals surface area contributed by atoms with Crippen molar-refractivity contribution in [3.63, 3.8) is 0 Å². The maximum absolute atomic E-state index is 10.2. The smallest absolute Gasteiger partial charge is 0.0831 e. The molecule has 2 nitrogen and oxygen atoms in total. The summed E-state index contributed by atoms with van der Waals surface area (Å²) < 4.78 is 5.56. The first-order valence-corrected chi connectivity index (χ1v) is 6.63. The lowest BCUT2D eigenvalue weighted by Crippen LogP contribution is -2.32. The van der Waals surface area contributed by atoms with E-state index in [1.54, 1.807) is 0 Å².